The summed E-state index contributed by atoms with van der Waals surface area (Å²) in [5.74, 6) is 0.353. The van der Waals surface area contributed by atoms with Crippen LogP contribution >= 0.6 is 0 Å². The summed E-state index contributed by atoms with van der Waals surface area (Å²) in [6, 6.07) is 0. The lowest BCUT2D eigenvalue weighted by molar-refractivity contribution is -0.144. The van der Waals surface area contributed by atoms with Crippen molar-refractivity contribution >= 4 is 14.0 Å². The Morgan fingerprint density at radius 2 is 1.81 bits per heavy atom. The molecule has 0 spiro atoms. The van der Waals surface area contributed by atoms with Gasteiger partial charge in [0.1, 0.15) is 0 Å². The number of esters is 1. The fraction of sp³-hybridized carbons (Fsp3) is 0.824. The summed E-state index contributed by atoms with van der Waals surface area (Å²) >= 11 is 0. The summed E-state index contributed by atoms with van der Waals surface area (Å²) in [6.45, 7) is 17.4. The van der Waals surface area contributed by atoms with Crippen molar-refractivity contribution < 1.29 is 14.3 Å². The van der Waals surface area contributed by atoms with Gasteiger partial charge in [-0.3, -0.25) is 4.79 Å². The van der Waals surface area contributed by atoms with Crippen molar-refractivity contribution in [3.05, 3.63) is 11.3 Å². The maximum absolute atomic E-state index is 11.9. The van der Waals surface area contributed by atoms with Gasteiger partial charge in [0.15, 0.2) is 0 Å². The number of hydrogen-bond donors (Lipinski definition) is 0. The Labute approximate surface area is 131 Å². The zero-order valence-electron chi connectivity index (χ0n) is 14.8. The Bertz CT molecular complexity index is 393. The van der Waals surface area contributed by atoms with E-state index in [1.807, 2.05) is 13.8 Å². The third-order valence-electron chi connectivity index (χ3n) is 4.81. The molecule has 0 N–H and O–H groups in total. The van der Waals surface area contributed by atoms with Crippen LogP contribution in [-0.2, 0) is 14.3 Å². The van der Waals surface area contributed by atoms with Crippen LogP contribution in [0.3, 0.4) is 0 Å². The van der Waals surface area contributed by atoms with E-state index < -0.39 is 8.07 Å². The second-order valence-electron chi connectivity index (χ2n) is 7.53. The quantitative estimate of drug-likeness (QED) is 0.522. The van der Waals surface area contributed by atoms with Gasteiger partial charge < -0.3 is 9.47 Å². The van der Waals surface area contributed by atoms with Crippen molar-refractivity contribution in [3.8, 4) is 0 Å². The minimum Gasteiger partial charge on any atom is -0.466 e. The van der Waals surface area contributed by atoms with Gasteiger partial charge in [-0.25, -0.2) is 0 Å². The van der Waals surface area contributed by atoms with Crippen LogP contribution < -0.4 is 0 Å². The first-order chi connectivity index (χ1) is 9.64. The molecule has 0 aromatic carbocycles. The van der Waals surface area contributed by atoms with Crippen molar-refractivity contribution in [3.63, 3.8) is 0 Å². The predicted octanol–water partition coefficient (Wildman–Crippen LogP) is 4.20. The lowest BCUT2D eigenvalue weighted by Crippen LogP contribution is -2.36. The van der Waals surface area contributed by atoms with Gasteiger partial charge in [0.05, 0.1) is 27.2 Å². The van der Waals surface area contributed by atoms with E-state index in [9.17, 15) is 4.79 Å². The van der Waals surface area contributed by atoms with E-state index in [0.717, 1.165) is 6.42 Å². The average Bonchev–Trinajstić information content (AvgIpc) is 3.13. The van der Waals surface area contributed by atoms with Crippen LogP contribution in [0.2, 0.25) is 18.1 Å². The molecule has 1 aliphatic carbocycles. The van der Waals surface area contributed by atoms with E-state index in [-0.39, 0.29) is 11.9 Å². The molecule has 2 atom stereocenters. The molecular formula is C17H32O3Si. The smallest absolute Gasteiger partial charge is 0.309 e. The van der Waals surface area contributed by atoms with E-state index in [1.165, 1.54) is 5.57 Å². The van der Waals surface area contributed by atoms with Crippen LogP contribution in [0, 0.1) is 11.8 Å². The van der Waals surface area contributed by atoms with Crippen LogP contribution in [0.1, 0.15) is 41.0 Å². The number of rotatable bonds is 7. The van der Waals surface area contributed by atoms with Crippen molar-refractivity contribution in [2.75, 3.05) is 19.8 Å². The molecule has 1 fully saturated rings. The minimum absolute atomic E-state index is 0.0415. The number of carbonyl (C=O) groups excluding carboxylic acids is 1. The highest BCUT2D eigenvalue weighted by atomic mass is 28.3. The second kappa shape index (κ2) is 7.10. The first-order valence-corrected chi connectivity index (χ1v) is 11.2. The van der Waals surface area contributed by atoms with Gasteiger partial charge in [-0.1, -0.05) is 39.6 Å². The fourth-order valence-electron chi connectivity index (χ4n) is 2.27. The molecular weight excluding hydrogens is 280 g/mol. The lowest BCUT2D eigenvalue weighted by Gasteiger charge is -2.35. The molecule has 1 aliphatic rings. The van der Waals surface area contributed by atoms with Crippen LogP contribution in [0.25, 0.3) is 0 Å². The standard InChI is InChI=1S/C17H32O3Si/c1-8-19-11-13(12-21(6,7)17(3,4)5)14-10-15(14)16(18)20-9-2/h12,14-15H,8-11H2,1-7H3/b13-12-/t14-,15+/m0/s1. The van der Waals surface area contributed by atoms with Gasteiger partial charge in [-0.05, 0) is 36.8 Å². The molecule has 1 rings (SSSR count). The molecule has 0 amide bonds. The van der Waals surface area contributed by atoms with Gasteiger partial charge in [-0.2, -0.15) is 0 Å². The van der Waals surface area contributed by atoms with Gasteiger partial charge in [0, 0.05) is 6.61 Å². The molecule has 0 unspecified atom stereocenters. The van der Waals surface area contributed by atoms with E-state index in [2.05, 4.69) is 39.6 Å². The normalized spacial score (nSPS) is 23.1. The maximum Gasteiger partial charge on any atom is 0.309 e. The van der Waals surface area contributed by atoms with Gasteiger partial charge in [0.2, 0.25) is 0 Å². The van der Waals surface area contributed by atoms with Crippen LogP contribution in [0.5, 0.6) is 0 Å². The summed E-state index contributed by atoms with van der Waals surface area (Å²) in [5.41, 5.74) is 3.79. The Morgan fingerprint density at radius 1 is 1.19 bits per heavy atom. The summed E-state index contributed by atoms with van der Waals surface area (Å²) in [6.07, 6.45) is 0.923. The van der Waals surface area contributed by atoms with Gasteiger partial charge >= 0.3 is 5.97 Å². The predicted molar refractivity (Wildman–Crippen MR) is 90.0 cm³/mol. The molecule has 0 heterocycles. The summed E-state index contributed by atoms with van der Waals surface area (Å²) in [4.78, 5) is 11.9. The molecule has 0 radical (unpaired) electrons. The van der Waals surface area contributed by atoms with Crippen molar-refractivity contribution in [2.45, 2.75) is 59.2 Å². The Balaban J connectivity index is 2.86. The topological polar surface area (TPSA) is 35.5 Å². The largest absolute Gasteiger partial charge is 0.466 e. The Kier molecular flexibility index (Phi) is 6.23. The van der Waals surface area contributed by atoms with Gasteiger partial charge in [0.25, 0.3) is 0 Å². The maximum atomic E-state index is 11.9. The molecule has 0 saturated heterocycles. The van der Waals surface area contributed by atoms with Crippen molar-refractivity contribution in [1.29, 1.82) is 0 Å². The fourth-order valence-corrected chi connectivity index (χ4v) is 3.93. The average molecular weight is 313 g/mol. The molecule has 0 bridgehead atoms. The molecule has 0 aromatic heterocycles. The van der Waals surface area contributed by atoms with Crippen molar-refractivity contribution in [2.24, 2.45) is 11.8 Å². The molecule has 0 aliphatic heterocycles. The van der Waals surface area contributed by atoms with Crippen molar-refractivity contribution in [1.82, 2.24) is 0 Å². The Hall–Kier alpha value is -0.613. The molecule has 4 heteroatoms. The molecule has 3 nitrogen and oxygen atoms in total. The van der Waals surface area contributed by atoms with E-state index in [1.54, 1.807) is 0 Å². The third-order valence-corrected chi connectivity index (χ3v) is 9.77. The Morgan fingerprint density at radius 3 is 2.29 bits per heavy atom. The second-order valence-corrected chi connectivity index (χ2v) is 12.8. The van der Waals surface area contributed by atoms with E-state index in [0.29, 0.717) is 30.8 Å². The zero-order chi connectivity index (χ0) is 16.3. The highest BCUT2D eigenvalue weighted by molar-refractivity contribution is 6.84. The SMILES string of the molecule is CCOC/C(=C/[Si](C)(C)C(C)(C)C)[C@@H]1C[C@H]1C(=O)OCC. The number of carbonyl (C=O) groups is 1. The molecule has 1 saturated carbocycles. The minimum atomic E-state index is -1.52. The first kappa shape index (κ1) is 18.4. The van der Waals surface area contributed by atoms with Crippen LogP contribution in [0.15, 0.2) is 11.3 Å². The summed E-state index contributed by atoms with van der Waals surface area (Å²) in [7, 11) is -1.52. The third kappa shape index (κ3) is 4.96. The lowest BCUT2D eigenvalue weighted by atomic mass is 10.1. The monoisotopic (exact) mass is 312 g/mol. The van der Waals surface area contributed by atoms with Crippen LogP contribution in [0.4, 0.5) is 0 Å². The number of ether oxygens (including phenoxy) is 2. The highest BCUT2D eigenvalue weighted by Gasteiger charge is 2.47. The van der Waals surface area contributed by atoms with Gasteiger partial charge in [-0.15, -0.1) is 0 Å². The highest BCUT2D eigenvalue weighted by Crippen LogP contribution is 2.47. The first-order valence-electron chi connectivity index (χ1n) is 8.10. The van der Waals surface area contributed by atoms with E-state index in [4.69, 9.17) is 9.47 Å². The summed E-state index contributed by atoms with van der Waals surface area (Å²) < 4.78 is 10.8. The molecule has 0 aromatic rings. The molecule has 122 valence electrons. The zero-order valence-corrected chi connectivity index (χ0v) is 15.8. The van der Waals surface area contributed by atoms with E-state index >= 15 is 0 Å². The van der Waals surface area contributed by atoms with Crippen LogP contribution in [-0.4, -0.2) is 33.9 Å². The summed E-state index contributed by atoms with van der Waals surface area (Å²) in [5, 5.41) is 0.304. The number of hydrogen-bond acceptors (Lipinski definition) is 3. The molecule has 21 heavy (non-hydrogen) atoms.